The predicted molar refractivity (Wildman–Crippen MR) is 66.8 cm³/mol. The number of hydrogen-bond donors (Lipinski definition) is 1. The maximum atomic E-state index is 12.9. The van der Waals surface area contributed by atoms with Crippen LogP contribution in [0.1, 0.15) is 26.3 Å². The van der Waals surface area contributed by atoms with Crippen LogP contribution in [0, 0.1) is 5.82 Å². The molecule has 1 aromatic carbocycles. The second-order valence-corrected chi connectivity index (χ2v) is 6.24. The van der Waals surface area contributed by atoms with Gasteiger partial charge in [-0.25, -0.2) is 4.39 Å². The standard InChI is InChI=1S/C12H18FO4P/c1-4-16-18(15,17-5-2)12(3,14)10-6-8-11(13)9-7-10/h6-9,14H,4-5H2,1-3H3. The molecule has 18 heavy (non-hydrogen) atoms. The van der Waals surface area contributed by atoms with E-state index in [1.807, 2.05) is 0 Å². The van der Waals surface area contributed by atoms with Crippen molar-refractivity contribution in [2.75, 3.05) is 13.2 Å². The minimum Gasteiger partial charge on any atom is -0.373 e. The van der Waals surface area contributed by atoms with E-state index in [0.717, 1.165) is 0 Å². The van der Waals surface area contributed by atoms with Gasteiger partial charge in [-0.05, 0) is 38.5 Å². The molecular formula is C12H18FO4P. The summed E-state index contributed by atoms with van der Waals surface area (Å²) in [7, 11) is -3.73. The third-order valence-electron chi connectivity index (χ3n) is 2.52. The van der Waals surface area contributed by atoms with Gasteiger partial charge in [0.05, 0.1) is 13.2 Å². The van der Waals surface area contributed by atoms with E-state index in [9.17, 15) is 14.1 Å². The molecule has 0 fully saturated rings. The third-order valence-corrected chi connectivity index (χ3v) is 5.04. The summed E-state index contributed by atoms with van der Waals surface area (Å²) in [6, 6.07) is 5.10. The smallest absolute Gasteiger partial charge is 0.366 e. The molecule has 0 amide bonds. The summed E-state index contributed by atoms with van der Waals surface area (Å²) in [5.41, 5.74) is 0.286. The van der Waals surface area contributed by atoms with Gasteiger partial charge in [0.1, 0.15) is 5.82 Å². The Balaban J connectivity index is 3.15. The SMILES string of the molecule is CCOP(=O)(OCC)C(C)(O)c1ccc(F)cc1. The molecule has 1 unspecified atom stereocenters. The highest BCUT2D eigenvalue weighted by Gasteiger charge is 2.47. The lowest BCUT2D eigenvalue weighted by molar-refractivity contribution is 0.0802. The van der Waals surface area contributed by atoms with Crippen LogP contribution in [0.3, 0.4) is 0 Å². The van der Waals surface area contributed by atoms with Crippen molar-refractivity contribution in [1.29, 1.82) is 0 Å². The maximum absolute atomic E-state index is 12.9. The van der Waals surface area contributed by atoms with E-state index >= 15 is 0 Å². The molecule has 1 aromatic rings. The molecule has 0 spiro atoms. The van der Waals surface area contributed by atoms with Crippen LogP contribution in [-0.4, -0.2) is 18.3 Å². The highest BCUT2D eigenvalue weighted by molar-refractivity contribution is 7.54. The first kappa shape index (κ1) is 15.3. The Kier molecular flexibility index (Phi) is 5.05. The third kappa shape index (κ3) is 2.98. The summed E-state index contributed by atoms with van der Waals surface area (Å²) in [5.74, 6) is -0.433. The summed E-state index contributed by atoms with van der Waals surface area (Å²) in [4.78, 5) is 0. The van der Waals surface area contributed by atoms with Crippen molar-refractivity contribution in [3.8, 4) is 0 Å². The molecule has 0 aliphatic carbocycles. The maximum Gasteiger partial charge on any atom is 0.366 e. The molecule has 0 saturated carbocycles. The van der Waals surface area contributed by atoms with E-state index in [0.29, 0.717) is 0 Å². The van der Waals surface area contributed by atoms with E-state index in [4.69, 9.17) is 9.05 Å². The first-order chi connectivity index (χ1) is 8.37. The van der Waals surface area contributed by atoms with Crippen LogP contribution in [0.4, 0.5) is 4.39 Å². The molecule has 0 aliphatic heterocycles. The first-order valence-corrected chi connectivity index (χ1v) is 7.29. The molecular weight excluding hydrogens is 258 g/mol. The molecule has 0 radical (unpaired) electrons. The van der Waals surface area contributed by atoms with Crippen LogP contribution in [0.15, 0.2) is 24.3 Å². The summed E-state index contributed by atoms with van der Waals surface area (Å²) >= 11 is 0. The summed E-state index contributed by atoms with van der Waals surface area (Å²) in [6.07, 6.45) is 0. The van der Waals surface area contributed by atoms with E-state index in [2.05, 4.69) is 0 Å². The van der Waals surface area contributed by atoms with Gasteiger partial charge in [0.2, 0.25) is 0 Å². The molecule has 1 rings (SSSR count). The number of rotatable bonds is 6. The van der Waals surface area contributed by atoms with Crippen LogP contribution in [0.25, 0.3) is 0 Å². The lowest BCUT2D eigenvalue weighted by Gasteiger charge is -2.31. The molecule has 0 aliphatic rings. The van der Waals surface area contributed by atoms with Crippen LogP contribution in [0.5, 0.6) is 0 Å². The van der Waals surface area contributed by atoms with Gasteiger partial charge in [0.25, 0.3) is 0 Å². The van der Waals surface area contributed by atoms with Crippen molar-refractivity contribution in [3.05, 3.63) is 35.6 Å². The molecule has 6 heteroatoms. The Hall–Kier alpha value is -0.740. The number of hydrogen-bond acceptors (Lipinski definition) is 4. The van der Waals surface area contributed by atoms with Gasteiger partial charge >= 0.3 is 7.60 Å². The van der Waals surface area contributed by atoms with Crippen molar-refractivity contribution < 1.29 is 23.1 Å². The Bertz CT molecular complexity index is 420. The minimum atomic E-state index is -3.73. The van der Waals surface area contributed by atoms with Gasteiger partial charge in [0.15, 0.2) is 5.34 Å². The molecule has 0 bridgehead atoms. The second-order valence-electron chi connectivity index (χ2n) is 3.86. The van der Waals surface area contributed by atoms with Gasteiger partial charge in [0, 0.05) is 0 Å². The van der Waals surface area contributed by atoms with E-state index < -0.39 is 18.8 Å². The number of halogens is 1. The summed E-state index contributed by atoms with van der Waals surface area (Å²) in [6.45, 7) is 4.95. The molecule has 1 N–H and O–H groups in total. The van der Waals surface area contributed by atoms with Gasteiger partial charge in [-0.2, -0.15) is 0 Å². The monoisotopic (exact) mass is 276 g/mol. The highest BCUT2D eigenvalue weighted by Crippen LogP contribution is 2.63. The zero-order valence-electron chi connectivity index (χ0n) is 10.7. The molecule has 0 aromatic heterocycles. The van der Waals surface area contributed by atoms with Crippen LogP contribution < -0.4 is 0 Å². The van der Waals surface area contributed by atoms with Crippen molar-refractivity contribution >= 4 is 7.60 Å². The molecule has 102 valence electrons. The van der Waals surface area contributed by atoms with Crippen molar-refractivity contribution in [2.45, 2.75) is 26.1 Å². The van der Waals surface area contributed by atoms with Crippen molar-refractivity contribution in [1.82, 2.24) is 0 Å². The fourth-order valence-electron chi connectivity index (χ4n) is 1.55. The van der Waals surface area contributed by atoms with E-state index in [-0.39, 0.29) is 18.8 Å². The lowest BCUT2D eigenvalue weighted by atomic mass is 10.1. The van der Waals surface area contributed by atoms with Gasteiger partial charge in [-0.3, -0.25) is 4.57 Å². The fraction of sp³-hybridized carbons (Fsp3) is 0.500. The zero-order chi connectivity index (χ0) is 13.8. The Morgan fingerprint density at radius 1 is 1.22 bits per heavy atom. The lowest BCUT2D eigenvalue weighted by Crippen LogP contribution is -2.24. The van der Waals surface area contributed by atoms with E-state index in [1.54, 1.807) is 13.8 Å². The van der Waals surface area contributed by atoms with Crippen LogP contribution in [-0.2, 0) is 19.0 Å². The molecule has 1 atom stereocenters. The Morgan fingerprint density at radius 2 is 1.67 bits per heavy atom. The Labute approximate surface area is 106 Å². The van der Waals surface area contributed by atoms with E-state index in [1.165, 1.54) is 31.2 Å². The van der Waals surface area contributed by atoms with Crippen molar-refractivity contribution in [2.24, 2.45) is 0 Å². The number of aliphatic hydroxyl groups is 1. The topological polar surface area (TPSA) is 55.8 Å². The van der Waals surface area contributed by atoms with Gasteiger partial charge in [-0.15, -0.1) is 0 Å². The summed E-state index contributed by atoms with van der Waals surface area (Å²) < 4.78 is 35.6. The van der Waals surface area contributed by atoms with Crippen LogP contribution >= 0.6 is 7.60 Å². The van der Waals surface area contributed by atoms with Crippen molar-refractivity contribution in [3.63, 3.8) is 0 Å². The average Bonchev–Trinajstić information content (AvgIpc) is 2.30. The van der Waals surface area contributed by atoms with Crippen LogP contribution in [0.2, 0.25) is 0 Å². The van der Waals surface area contributed by atoms with Gasteiger partial charge in [-0.1, -0.05) is 12.1 Å². The van der Waals surface area contributed by atoms with Gasteiger partial charge < -0.3 is 14.2 Å². The largest absolute Gasteiger partial charge is 0.373 e. The number of benzene rings is 1. The fourth-order valence-corrected chi connectivity index (χ4v) is 3.27. The first-order valence-electron chi connectivity index (χ1n) is 5.75. The Morgan fingerprint density at radius 3 is 2.06 bits per heavy atom. The normalized spacial score (nSPS) is 15.4. The zero-order valence-corrected chi connectivity index (χ0v) is 11.6. The predicted octanol–water partition coefficient (Wildman–Crippen LogP) is 3.26. The molecule has 0 heterocycles. The minimum absolute atomic E-state index is 0.147. The quantitative estimate of drug-likeness (QED) is 0.810. The second kappa shape index (κ2) is 5.93. The average molecular weight is 276 g/mol. The summed E-state index contributed by atoms with van der Waals surface area (Å²) in [5, 5.41) is 8.61. The molecule has 4 nitrogen and oxygen atoms in total. The highest BCUT2D eigenvalue weighted by atomic mass is 31.2. The molecule has 0 saturated heterocycles.